The Bertz CT molecular complexity index is 1770. The van der Waals surface area contributed by atoms with Crippen molar-refractivity contribution >= 4 is 50.1 Å². The number of rotatable bonds is 13. The average Bonchev–Trinajstić information content (AvgIpc) is 3.30. The standard InChI is InChI=1S/C33H30Cl2N2O5S/c34-22-43(40,41)36-19-17-31-28(18-20-42-27-14-11-25(12-15-27)33(38)39)29-21-26(35)13-16-30(29)37(31)32(23-7-3-1-4-8-23)24-9-5-2-6-10-24/h1-16,21,32,36H,17-20,22H2,(H,38,39). The third-order valence-corrected chi connectivity index (χ3v) is 9.25. The van der Waals surface area contributed by atoms with Crippen molar-refractivity contribution < 1.29 is 23.1 Å². The van der Waals surface area contributed by atoms with E-state index in [1.54, 1.807) is 12.1 Å². The lowest BCUT2D eigenvalue weighted by Gasteiger charge is -2.25. The number of nitrogens with zero attached hydrogens (tertiary/aromatic N) is 1. The molecule has 0 unspecified atom stereocenters. The van der Waals surface area contributed by atoms with E-state index in [9.17, 15) is 18.3 Å². The van der Waals surface area contributed by atoms with Crippen molar-refractivity contribution in [2.24, 2.45) is 0 Å². The number of alkyl halides is 1. The number of halogens is 2. The van der Waals surface area contributed by atoms with Crippen molar-refractivity contribution in [3.8, 4) is 5.75 Å². The first-order valence-corrected chi connectivity index (χ1v) is 16.2. The Morgan fingerprint density at radius 3 is 2.09 bits per heavy atom. The fraction of sp³-hybridized carbons (Fsp3) is 0.182. The second-order valence-corrected chi connectivity index (χ2v) is 12.8. The molecule has 0 amide bonds. The van der Waals surface area contributed by atoms with Crippen molar-refractivity contribution in [3.05, 3.63) is 136 Å². The average molecular weight is 638 g/mol. The number of aromatic nitrogens is 1. The van der Waals surface area contributed by atoms with Gasteiger partial charge in [0.2, 0.25) is 10.0 Å². The molecule has 5 rings (SSSR count). The first-order valence-electron chi connectivity index (χ1n) is 13.7. The smallest absolute Gasteiger partial charge is 0.335 e. The van der Waals surface area contributed by atoms with Crippen LogP contribution < -0.4 is 9.46 Å². The Hall–Kier alpha value is -3.82. The van der Waals surface area contributed by atoms with E-state index in [4.69, 9.17) is 27.9 Å². The van der Waals surface area contributed by atoms with Crippen LogP contribution in [0.4, 0.5) is 0 Å². The van der Waals surface area contributed by atoms with Gasteiger partial charge in [-0.15, -0.1) is 11.6 Å². The predicted molar refractivity (Wildman–Crippen MR) is 171 cm³/mol. The summed E-state index contributed by atoms with van der Waals surface area (Å²) in [6.07, 6.45) is 0.889. The number of hydrogen-bond donors (Lipinski definition) is 2. The number of aromatic carboxylic acids is 1. The zero-order valence-electron chi connectivity index (χ0n) is 23.1. The molecular formula is C33H30Cl2N2O5S. The summed E-state index contributed by atoms with van der Waals surface area (Å²) in [4.78, 5) is 11.2. The highest BCUT2D eigenvalue weighted by molar-refractivity contribution is 7.90. The number of sulfonamides is 1. The van der Waals surface area contributed by atoms with Gasteiger partial charge < -0.3 is 14.4 Å². The summed E-state index contributed by atoms with van der Waals surface area (Å²) >= 11 is 12.2. The number of nitrogens with one attached hydrogen (secondary N) is 1. The van der Waals surface area contributed by atoms with Gasteiger partial charge >= 0.3 is 5.97 Å². The number of fused-ring (bicyclic) bond motifs is 1. The molecule has 2 N–H and O–H groups in total. The summed E-state index contributed by atoms with van der Waals surface area (Å²) < 4.78 is 35.3. The van der Waals surface area contributed by atoms with Gasteiger partial charge in [0.05, 0.1) is 18.2 Å². The molecule has 0 aliphatic carbocycles. The Morgan fingerprint density at radius 2 is 1.51 bits per heavy atom. The van der Waals surface area contributed by atoms with E-state index in [0.29, 0.717) is 30.2 Å². The van der Waals surface area contributed by atoms with Crippen molar-refractivity contribution in [2.45, 2.75) is 18.9 Å². The minimum Gasteiger partial charge on any atom is -0.493 e. The van der Waals surface area contributed by atoms with Gasteiger partial charge in [-0.25, -0.2) is 17.9 Å². The molecule has 1 heterocycles. The molecule has 5 aromatic rings. The molecular weight excluding hydrogens is 607 g/mol. The highest BCUT2D eigenvalue weighted by Gasteiger charge is 2.26. The van der Waals surface area contributed by atoms with E-state index in [1.165, 1.54) is 12.1 Å². The van der Waals surface area contributed by atoms with Gasteiger partial charge in [0, 0.05) is 41.0 Å². The van der Waals surface area contributed by atoms with Crippen molar-refractivity contribution in [1.82, 2.24) is 9.29 Å². The van der Waals surface area contributed by atoms with E-state index in [-0.39, 0.29) is 18.2 Å². The Balaban J connectivity index is 1.62. The van der Waals surface area contributed by atoms with Crippen LogP contribution in [0.1, 0.15) is 38.8 Å². The topological polar surface area (TPSA) is 97.6 Å². The van der Waals surface area contributed by atoms with Crippen LogP contribution in [0.2, 0.25) is 5.02 Å². The molecule has 7 nitrogen and oxygen atoms in total. The number of benzene rings is 4. The van der Waals surface area contributed by atoms with E-state index < -0.39 is 21.2 Å². The molecule has 10 heteroatoms. The van der Waals surface area contributed by atoms with E-state index in [0.717, 1.165) is 33.3 Å². The van der Waals surface area contributed by atoms with Gasteiger partial charge in [-0.1, -0.05) is 72.3 Å². The maximum absolute atomic E-state index is 12.2. The van der Waals surface area contributed by atoms with E-state index in [1.807, 2.05) is 54.6 Å². The quantitative estimate of drug-likeness (QED) is 0.137. The minimum absolute atomic E-state index is 0.153. The third-order valence-electron chi connectivity index (χ3n) is 7.22. The van der Waals surface area contributed by atoms with Crippen LogP contribution in [0, 0.1) is 0 Å². The molecule has 1 aromatic heterocycles. The zero-order chi connectivity index (χ0) is 30.4. The van der Waals surface area contributed by atoms with Gasteiger partial charge in [-0.05, 0) is 59.2 Å². The SMILES string of the molecule is O=C(O)c1ccc(OCCc2c(CCNS(=O)(=O)CCl)n(C(c3ccccc3)c3ccccc3)c3ccc(Cl)cc23)cc1. The van der Waals surface area contributed by atoms with Gasteiger partial charge in [-0.2, -0.15) is 0 Å². The molecule has 0 spiro atoms. The lowest BCUT2D eigenvalue weighted by atomic mass is 9.97. The number of carbonyl (C=O) groups is 1. The summed E-state index contributed by atoms with van der Waals surface area (Å²) in [6.45, 7) is 0.458. The van der Waals surface area contributed by atoms with Crippen molar-refractivity contribution in [1.29, 1.82) is 0 Å². The molecule has 4 aromatic carbocycles. The molecule has 43 heavy (non-hydrogen) atoms. The van der Waals surface area contributed by atoms with E-state index >= 15 is 0 Å². The monoisotopic (exact) mass is 636 g/mol. The van der Waals surface area contributed by atoms with Crippen LogP contribution in [0.15, 0.2) is 103 Å². The molecule has 0 saturated heterocycles. The Morgan fingerprint density at radius 1 is 0.884 bits per heavy atom. The zero-order valence-corrected chi connectivity index (χ0v) is 25.4. The second-order valence-electron chi connectivity index (χ2n) is 9.98. The Labute approximate surface area is 260 Å². The van der Waals surface area contributed by atoms with Gasteiger partial charge in [0.15, 0.2) is 0 Å². The molecule has 0 atom stereocenters. The van der Waals surface area contributed by atoms with Gasteiger partial charge in [-0.3, -0.25) is 0 Å². The summed E-state index contributed by atoms with van der Waals surface area (Å²) in [5, 5.41) is 10.2. The lowest BCUT2D eigenvalue weighted by molar-refractivity contribution is 0.0697. The number of carboxylic acids is 1. The van der Waals surface area contributed by atoms with Crippen LogP contribution in [0.3, 0.4) is 0 Å². The van der Waals surface area contributed by atoms with Crippen LogP contribution in [0.5, 0.6) is 5.75 Å². The fourth-order valence-corrected chi connectivity index (χ4v) is 6.23. The second kappa shape index (κ2) is 13.7. The Kier molecular flexibility index (Phi) is 9.72. The highest BCUT2D eigenvalue weighted by atomic mass is 35.5. The van der Waals surface area contributed by atoms with Crippen LogP contribution in [0.25, 0.3) is 10.9 Å². The normalized spacial score (nSPS) is 11.7. The third kappa shape index (κ3) is 7.22. The summed E-state index contributed by atoms with van der Waals surface area (Å²) in [7, 11) is -3.62. The maximum Gasteiger partial charge on any atom is 0.335 e. The molecule has 0 radical (unpaired) electrons. The minimum atomic E-state index is -3.62. The molecule has 0 fully saturated rings. The number of carboxylic acid groups (broad SMARTS) is 1. The van der Waals surface area contributed by atoms with Crippen LogP contribution in [-0.2, 0) is 22.9 Å². The largest absolute Gasteiger partial charge is 0.493 e. The van der Waals surface area contributed by atoms with E-state index in [2.05, 4.69) is 33.6 Å². The highest BCUT2D eigenvalue weighted by Crippen LogP contribution is 2.37. The lowest BCUT2D eigenvalue weighted by Crippen LogP contribution is -2.28. The van der Waals surface area contributed by atoms with Gasteiger partial charge in [0.1, 0.15) is 11.0 Å². The summed E-state index contributed by atoms with van der Waals surface area (Å²) in [5.41, 5.74) is 5.21. The number of hydrogen-bond acceptors (Lipinski definition) is 4. The van der Waals surface area contributed by atoms with Crippen LogP contribution in [-0.4, -0.2) is 42.4 Å². The maximum atomic E-state index is 12.2. The number of ether oxygens (including phenoxy) is 1. The predicted octanol–water partition coefficient (Wildman–Crippen LogP) is 6.91. The molecule has 0 aliphatic rings. The fourth-order valence-electron chi connectivity index (χ4n) is 5.34. The molecule has 0 saturated carbocycles. The van der Waals surface area contributed by atoms with Crippen molar-refractivity contribution in [3.63, 3.8) is 0 Å². The first-order chi connectivity index (χ1) is 20.8. The summed E-state index contributed by atoms with van der Waals surface area (Å²) in [5.74, 6) is -0.452. The molecule has 0 bridgehead atoms. The van der Waals surface area contributed by atoms with Gasteiger partial charge in [0.25, 0.3) is 0 Å². The van der Waals surface area contributed by atoms with Crippen LogP contribution >= 0.6 is 23.2 Å². The van der Waals surface area contributed by atoms with Crippen molar-refractivity contribution in [2.75, 3.05) is 18.4 Å². The summed E-state index contributed by atoms with van der Waals surface area (Å²) in [6, 6.07) is 32.2. The molecule has 222 valence electrons. The first kappa shape index (κ1) is 30.6. The molecule has 0 aliphatic heterocycles.